The van der Waals surface area contributed by atoms with Crippen LogP contribution in [0.25, 0.3) is 22.0 Å². The third-order valence-corrected chi connectivity index (χ3v) is 5.72. The first-order valence-electron chi connectivity index (χ1n) is 9.35. The second kappa shape index (κ2) is 9.20. The lowest BCUT2D eigenvalue weighted by molar-refractivity contribution is -0.113. The van der Waals surface area contributed by atoms with Gasteiger partial charge in [-0.15, -0.1) is 0 Å². The second-order valence-electron chi connectivity index (χ2n) is 6.60. The topological polar surface area (TPSA) is 51.2 Å². The molecular weight excluding hydrogens is 416 g/mol. The molecule has 0 saturated carbocycles. The zero-order valence-electron chi connectivity index (χ0n) is 16.3. The number of thioether (sulfide) groups is 1. The van der Waals surface area contributed by atoms with Gasteiger partial charge in [-0.2, -0.15) is 0 Å². The molecule has 0 aliphatic heterocycles. The number of pyridine rings is 1. The van der Waals surface area contributed by atoms with Gasteiger partial charge < -0.3 is 10.1 Å². The van der Waals surface area contributed by atoms with Gasteiger partial charge >= 0.3 is 0 Å². The normalized spacial score (nSPS) is 10.7. The average Bonchev–Trinajstić information content (AvgIpc) is 2.79. The van der Waals surface area contributed by atoms with Crippen molar-refractivity contribution in [3.8, 4) is 16.9 Å². The Morgan fingerprint density at radius 3 is 2.53 bits per heavy atom. The fourth-order valence-corrected chi connectivity index (χ4v) is 3.95. The van der Waals surface area contributed by atoms with Crippen molar-refractivity contribution in [2.75, 3.05) is 18.2 Å². The van der Waals surface area contributed by atoms with E-state index >= 15 is 0 Å². The van der Waals surface area contributed by atoms with Crippen molar-refractivity contribution in [2.45, 2.75) is 5.03 Å². The molecule has 1 amide bonds. The van der Waals surface area contributed by atoms with Crippen molar-refractivity contribution in [1.29, 1.82) is 0 Å². The first-order chi connectivity index (χ1) is 14.6. The maximum atomic E-state index is 12.4. The molecular formula is C24H19ClN2O2S. The number of nitrogens with zero attached hydrogens (tertiary/aromatic N) is 1. The van der Waals surface area contributed by atoms with Crippen molar-refractivity contribution in [2.24, 2.45) is 0 Å². The molecule has 0 atom stereocenters. The predicted octanol–water partition coefficient (Wildman–Crippen LogP) is 6.29. The van der Waals surface area contributed by atoms with Gasteiger partial charge in [0.2, 0.25) is 5.91 Å². The van der Waals surface area contributed by atoms with Crippen LogP contribution in [0.15, 0.2) is 83.9 Å². The summed E-state index contributed by atoms with van der Waals surface area (Å²) in [6, 6.07) is 25.1. The molecule has 6 heteroatoms. The summed E-state index contributed by atoms with van der Waals surface area (Å²) in [5.41, 5.74) is 3.72. The van der Waals surface area contributed by atoms with Gasteiger partial charge in [-0.3, -0.25) is 4.79 Å². The molecule has 1 N–H and O–H groups in total. The molecule has 1 aromatic heterocycles. The van der Waals surface area contributed by atoms with Crippen LogP contribution in [0.1, 0.15) is 0 Å². The Morgan fingerprint density at radius 1 is 1.03 bits per heavy atom. The minimum atomic E-state index is -0.101. The number of amides is 1. The maximum Gasteiger partial charge on any atom is 0.234 e. The van der Waals surface area contributed by atoms with E-state index in [4.69, 9.17) is 21.3 Å². The van der Waals surface area contributed by atoms with Crippen LogP contribution in [0.3, 0.4) is 0 Å². The second-order valence-corrected chi connectivity index (χ2v) is 8.03. The van der Waals surface area contributed by atoms with E-state index in [2.05, 4.69) is 17.4 Å². The first-order valence-corrected chi connectivity index (χ1v) is 10.7. The van der Waals surface area contributed by atoms with E-state index in [1.807, 2.05) is 42.5 Å². The Bertz CT molecular complexity index is 1180. The van der Waals surface area contributed by atoms with Crippen LogP contribution in [0.2, 0.25) is 5.02 Å². The number of anilines is 1. The molecule has 0 spiro atoms. The molecule has 0 radical (unpaired) electrons. The van der Waals surface area contributed by atoms with Gasteiger partial charge in [0, 0.05) is 22.2 Å². The Balaban J connectivity index is 1.60. The highest BCUT2D eigenvalue weighted by Gasteiger charge is 2.11. The maximum absolute atomic E-state index is 12.4. The number of carbonyl (C=O) groups excluding carboxylic acids is 1. The van der Waals surface area contributed by atoms with E-state index in [0.717, 1.165) is 32.8 Å². The lowest BCUT2D eigenvalue weighted by atomic mass is 10.0. The minimum Gasteiger partial charge on any atom is -0.497 e. The molecule has 4 aromatic rings. The van der Waals surface area contributed by atoms with Crippen LogP contribution < -0.4 is 10.1 Å². The Kier molecular flexibility index (Phi) is 6.21. The van der Waals surface area contributed by atoms with Crippen molar-refractivity contribution >= 4 is 45.9 Å². The van der Waals surface area contributed by atoms with Crippen LogP contribution in [0.4, 0.5) is 5.69 Å². The highest BCUT2D eigenvalue weighted by molar-refractivity contribution is 7.99. The standard InChI is InChI=1S/C24H19ClN2O2S/c1-29-19-11-12-20-21(16-5-3-2-4-6-16)14-24(27-22(20)13-19)30-15-23(28)26-18-9-7-17(25)8-10-18/h2-14H,15H2,1H3,(H,26,28). The van der Waals surface area contributed by atoms with Crippen LogP contribution in [0.5, 0.6) is 5.75 Å². The van der Waals surface area contributed by atoms with Gasteiger partial charge in [0.15, 0.2) is 0 Å². The van der Waals surface area contributed by atoms with Gasteiger partial charge in [0.05, 0.1) is 23.4 Å². The monoisotopic (exact) mass is 434 g/mol. The molecule has 1 heterocycles. The molecule has 0 aliphatic rings. The first kappa shape index (κ1) is 20.3. The third-order valence-electron chi connectivity index (χ3n) is 4.56. The Labute approximate surface area is 184 Å². The lowest BCUT2D eigenvalue weighted by Gasteiger charge is -2.11. The Morgan fingerprint density at radius 2 is 1.80 bits per heavy atom. The average molecular weight is 435 g/mol. The number of hydrogen-bond donors (Lipinski definition) is 1. The van der Waals surface area contributed by atoms with Crippen LogP contribution >= 0.6 is 23.4 Å². The fraction of sp³-hybridized carbons (Fsp3) is 0.0833. The summed E-state index contributed by atoms with van der Waals surface area (Å²) in [4.78, 5) is 17.1. The molecule has 3 aromatic carbocycles. The molecule has 30 heavy (non-hydrogen) atoms. The van der Waals surface area contributed by atoms with Crippen molar-refractivity contribution in [1.82, 2.24) is 4.98 Å². The number of benzene rings is 3. The van der Waals surface area contributed by atoms with E-state index in [-0.39, 0.29) is 11.7 Å². The molecule has 150 valence electrons. The molecule has 0 aliphatic carbocycles. The van der Waals surface area contributed by atoms with Crippen LogP contribution in [-0.4, -0.2) is 23.8 Å². The number of hydrogen-bond acceptors (Lipinski definition) is 4. The largest absolute Gasteiger partial charge is 0.497 e. The highest BCUT2D eigenvalue weighted by atomic mass is 35.5. The number of carbonyl (C=O) groups is 1. The van der Waals surface area contributed by atoms with Crippen LogP contribution in [0, 0.1) is 0 Å². The number of fused-ring (bicyclic) bond motifs is 1. The van der Waals surface area contributed by atoms with Gasteiger partial charge in [-0.25, -0.2) is 4.98 Å². The summed E-state index contributed by atoms with van der Waals surface area (Å²) in [5, 5.41) is 5.32. The molecule has 4 rings (SSSR count). The number of ether oxygens (including phenoxy) is 1. The minimum absolute atomic E-state index is 0.101. The summed E-state index contributed by atoms with van der Waals surface area (Å²) >= 11 is 7.29. The molecule has 0 fully saturated rings. The Hall–Kier alpha value is -3.02. The molecule has 0 bridgehead atoms. The number of rotatable bonds is 6. The third kappa shape index (κ3) is 4.75. The number of methoxy groups -OCH3 is 1. The van der Waals surface area contributed by atoms with E-state index in [1.54, 1.807) is 31.4 Å². The number of nitrogens with one attached hydrogen (secondary N) is 1. The smallest absolute Gasteiger partial charge is 0.234 e. The predicted molar refractivity (Wildman–Crippen MR) is 125 cm³/mol. The van der Waals surface area contributed by atoms with Gasteiger partial charge in [0.1, 0.15) is 5.75 Å². The molecule has 0 unspecified atom stereocenters. The van der Waals surface area contributed by atoms with Gasteiger partial charge in [-0.1, -0.05) is 53.7 Å². The van der Waals surface area contributed by atoms with Crippen molar-refractivity contribution in [3.63, 3.8) is 0 Å². The quantitative estimate of drug-likeness (QED) is 0.362. The highest BCUT2D eigenvalue weighted by Crippen LogP contribution is 2.33. The van der Waals surface area contributed by atoms with Gasteiger partial charge in [-0.05, 0) is 53.6 Å². The van der Waals surface area contributed by atoms with Crippen molar-refractivity contribution < 1.29 is 9.53 Å². The van der Waals surface area contributed by atoms with Crippen LogP contribution in [-0.2, 0) is 4.79 Å². The van der Waals surface area contributed by atoms with E-state index in [1.165, 1.54) is 11.8 Å². The van der Waals surface area contributed by atoms with E-state index < -0.39 is 0 Å². The SMILES string of the molecule is COc1ccc2c(-c3ccccc3)cc(SCC(=O)Nc3ccc(Cl)cc3)nc2c1. The summed E-state index contributed by atoms with van der Waals surface area (Å²) in [6.45, 7) is 0. The summed E-state index contributed by atoms with van der Waals surface area (Å²) in [6.07, 6.45) is 0. The van der Waals surface area contributed by atoms with Gasteiger partial charge in [0.25, 0.3) is 0 Å². The molecule has 4 nitrogen and oxygen atoms in total. The number of aromatic nitrogens is 1. The molecule has 0 saturated heterocycles. The fourth-order valence-electron chi connectivity index (χ4n) is 3.11. The summed E-state index contributed by atoms with van der Waals surface area (Å²) in [7, 11) is 1.64. The lowest BCUT2D eigenvalue weighted by Crippen LogP contribution is -2.14. The number of halogens is 1. The zero-order valence-corrected chi connectivity index (χ0v) is 17.8. The zero-order chi connectivity index (χ0) is 20.9. The summed E-state index contributed by atoms with van der Waals surface area (Å²) in [5.74, 6) is 0.895. The van der Waals surface area contributed by atoms with E-state index in [0.29, 0.717) is 10.7 Å². The van der Waals surface area contributed by atoms with Crippen molar-refractivity contribution in [3.05, 3.63) is 83.9 Å². The van der Waals surface area contributed by atoms with E-state index in [9.17, 15) is 4.79 Å². The summed E-state index contributed by atoms with van der Waals surface area (Å²) < 4.78 is 5.36.